The van der Waals surface area contributed by atoms with Crippen molar-refractivity contribution >= 4 is 23.5 Å². The lowest BCUT2D eigenvalue weighted by molar-refractivity contribution is 0.0492. The molecule has 0 atom stereocenters. The minimum Gasteiger partial charge on any atom is -0.444 e. The maximum atomic E-state index is 11.8. The number of nitrogens with zero attached hydrogens (tertiary/aromatic N) is 2. The molecule has 1 aliphatic rings. The molecule has 128 valence electrons. The van der Waals surface area contributed by atoms with Crippen molar-refractivity contribution in [3.8, 4) is 0 Å². The Morgan fingerprint density at radius 2 is 1.83 bits per heavy atom. The van der Waals surface area contributed by atoms with Crippen molar-refractivity contribution in [3.05, 3.63) is 17.0 Å². The SMILES string of the molecule is Cc1nc(Cl)cc(N[C@H]2CC[C@@H](NC(=O)OC(C)(C)C)CC2)n1. The number of halogens is 1. The molecule has 0 aromatic carbocycles. The van der Waals surface area contributed by atoms with Crippen LogP contribution in [0, 0.1) is 6.92 Å². The van der Waals surface area contributed by atoms with Gasteiger partial charge in [0.05, 0.1) is 0 Å². The van der Waals surface area contributed by atoms with E-state index in [-0.39, 0.29) is 12.1 Å². The fourth-order valence-corrected chi connectivity index (χ4v) is 2.90. The summed E-state index contributed by atoms with van der Waals surface area (Å²) < 4.78 is 5.29. The maximum Gasteiger partial charge on any atom is 0.407 e. The number of aryl methyl sites for hydroxylation is 1. The molecule has 0 spiro atoms. The van der Waals surface area contributed by atoms with Gasteiger partial charge in [-0.2, -0.15) is 0 Å². The molecule has 7 heteroatoms. The first kappa shape index (κ1) is 17.8. The van der Waals surface area contributed by atoms with E-state index in [9.17, 15) is 4.79 Å². The summed E-state index contributed by atoms with van der Waals surface area (Å²) >= 11 is 5.95. The van der Waals surface area contributed by atoms with Crippen LogP contribution in [-0.2, 0) is 4.74 Å². The summed E-state index contributed by atoms with van der Waals surface area (Å²) in [7, 11) is 0. The summed E-state index contributed by atoms with van der Waals surface area (Å²) in [5.74, 6) is 1.41. The van der Waals surface area contributed by atoms with E-state index < -0.39 is 5.60 Å². The number of rotatable bonds is 3. The van der Waals surface area contributed by atoms with Gasteiger partial charge in [0.2, 0.25) is 0 Å². The number of carbonyl (C=O) groups excluding carboxylic acids is 1. The van der Waals surface area contributed by atoms with Gasteiger partial charge in [-0.15, -0.1) is 0 Å². The molecule has 1 aromatic heterocycles. The van der Waals surface area contributed by atoms with Crippen LogP contribution in [0.3, 0.4) is 0 Å². The van der Waals surface area contributed by atoms with Crippen LogP contribution in [0.5, 0.6) is 0 Å². The second-order valence-corrected chi connectivity index (χ2v) is 7.35. The molecule has 1 aliphatic carbocycles. The van der Waals surface area contributed by atoms with Crippen LogP contribution < -0.4 is 10.6 Å². The second kappa shape index (κ2) is 7.34. The second-order valence-electron chi connectivity index (χ2n) is 6.96. The number of carbonyl (C=O) groups is 1. The lowest BCUT2D eigenvalue weighted by Crippen LogP contribution is -2.42. The molecule has 0 unspecified atom stereocenters. The zero-order chi connectivity index (χ0) is 17.0. The van der Waals surface area contributed by atoms with Crippen LogP contribution in [-0.4, -0.2) is 33.7 Å². The molecular formula is C16H25ClN4O2. The molecule has 0 saturated heterocycles. The summed E-state index contributed by atoms with van der Waals surface area (Å²) in [6, 6.07) is 2.23. The lowest BCUT2D eigenvalue weighted by atomic mass is 9.91. The first-order valence-electron chi connectivity index (χ1n) is 7.98. The minimum absolute atomic E-state index is 0.165. The van der Waals surface area contributed by atoms with Gasteiger partial charge >= 0.3 is 6.09 Å². The highest BCUT2D eigenvalue weighted by atomic mass is 35.5. The quantitative estimate of drug-likeness (QED) is 0.821. The molecule has 1 saturated carbocycles. The number of nitrogens with one attached hydrogen (secondary N) is 2. The third-order valence-corrected chi connectivity index (χ3v) is 3.80. The predicted octanol–water partition coefficient (Wildman–Crippen LogP) is 3.69. The summed E-state index contributed by atoms with van der Waals surface area (Å²) in [5.41, 5.74) is -0.465. The molecule has 1 amide bonds. The van der Waals surface area contributed by atoms with Crippen molar-refractivity contribution in [3.63, 3.8) is 0 Å². The third-order valence-electron chi connectivity index (χ3n) is 3.61. The number of amides is 1. The molecule has 1 heterocycles. The van der Waals surface area contributed by atoms with Crippen molar-refractivity contribution in [2.24, 2.45) is 0 Å². The van der Waals surface area contributed by atoms with E-state index in [1.165, 1.54) is 0 Å². The van der Waals surface area contributed by atoms with E-state index in [0.29, 0.717) is 17.0 Å². The molecule has 2 N–H and O–H groups in total. The Bertz CT molecular complexity index is 531. The fourth-order valence-electron chi connectivity index (χ4n) is 2.67. The zero-order valence-electron chi connectivity index (χ0n) is 14.1. The van der Waals surface area contributed by atoms with Crippen LogP contribution in [0.15, 0.2) is 6.07 Å². The molecule has 0 radical (unpaired) electrons. The summed E-state index contributed by atoms with van der Waals surface area (Å²) in [6.07, 6.45) is 3.40. The number of ether oxygens (including phenoxy) is 1. The number of anilines is 1. The highest BCUT2D eigenvalue weighted by molar-refractivity contribution is 6.29. The van der Waals surface area contributed by atoms with Gasteiger partial charge in [-0.3, -0.25) is 0 Å². The fraction of sp³-hybridized carbons (Fsp3) is 0.688. The van der Waals surface area contributed by atoms with Gasteiger partial charge in [0, 0.05) is 18.2 Å². The van der Waals surface area contributed by atoms with Crippen molar-refractivity contribution < 1.29 is 9.53 Å². The Labute approximate surface area is 142 Å². The van der Waals surface area contributed by atoms with Crippen LogP contribution in [0.2, 0.25) is 5.15 Å². The first-order chi connectivity index (χ1) is 10.7. The zero-order valence-corrected chi connectivity index (χ0v) is 14.9. The topological polar surface area (TPSA) is 76.1 Å². The Hall–Kier alpha value is -1.56. The van der Waals surface area contributed by atoms with Crippen molar-refractivity contribution in [1.29, 1.82) is 0 Å². The third kappa shape index (κ3) is 6.22. The van der Waals surface area contributed by atoms with Gasteiger partial charge in [-0.05, 0) is 53.4 Å². The average molecular weight is 341 g/mol. The van der Waals surface area contributed by atoms with E-state index in [1.807, 2.05) is 27.7 Å². The molecule has 2 rings (SSSR count). The monoisotopic (exact) mass is 340 g/mol. The van der Waals surface area contributed by atoms with E-state index in [0.717, 1.165) is 31.5 Å². The van der Waals surface area contributed by atoms with E-state index in [2.05, 4.69) is 20.6 Å². The van der Waals surface area contributed by atoms with Gasteiger partial charge < -0.3 is 15.4 Å². The number of hydrogen-bond acceptors (Lipinski definition) is 5. The Balaban J connectivity index is 1.78. The molecule has 6 nitrogen and oxygen atoms in total. The Morgan fingerprint density at radius 3 is 2.39 bits per heavy atom. The normalized spacial score (nSPS) is 21.6. The summed E-state index contributed by atoms with van der Waals surface area (Å²) in [6.45, 7) is 7.41. The molecule has 0 aliphatic heterocycles. The van der Waals surface area contributed by atoms with Crippen LogP contribution >= 0.6 is 11.6 Å². The molecule has 1 aromatic rings. The molecule has 0 bridgehead atoms. The number of hydrogen-bond donors (Lipinski definition) is 2. The summed E-state index contributed by atoms with van der Waals surface area (Å²) in [4.78, 5) is 20.2. The van der Waals surface area contributed by atoms with Gasteiger partial charge in [0.15, 0.2) is 0 Å². The Kier molecular flexibility index (Phi) is 5.68. The van der Waals surface area contributed by atoms with E-state index >= 15 is 0 Å². The highest BCUT2D eigenvalue weighted by Gasteiger charge is 2.25. The highest BCUT2D eigenvalue weighted by Crippen LogP contribution is 2.23. The van der Waals surface area contributed by atoms with Crippen LogP contribution in [0.1, 0.15) is 52.3 Å². The maximum absolute atomic E-state index is 11.8. The predicted molar refractivity (Wildman–Crippen MR) is 90.8 cm³/mol. The van der Waals surface area contributed by atoms with Gasteiger partial charge in [0.25, 0.3) is 0 Å². The van der Waals surface area contributed by atoms with E-state index in [1.54, 1.807) is 6.07 Å². The first-order valence-corrected chi connectivity index (χ1v) is 8.36. The van der Waals surface area contributed by atoms with Crippen LogP contribution in [0.25, 0.3) is 0 Å². The summed E-state index contributed by atoms with van der Waals surface area (Å²) in [5, 5.41) is 6.78. The smallest absolute Gasteiger partial charge is 0.407 e. The standard InChI is InChI=1S/C16H25ClN4O2/c1-10-18-13(17)9-14(19-10)20-11-5-7-12(8-6-11)21-15(22)23-16(2,3)4/h9,11-12H,5-8H2,1-4H3,(H,21,22)(H,18,19,20)/t11-,12+. The minimum atomic E-state index is -0.465. The van der Waals surface area contributed by atoms with E-state index in [4.69, 9.17) is 16.3 Å². The molecule has 23 heavy (non-hydrogen) atoms. The molecular weight excluding hydrogens is 316 g/mol. The van der Waals surface area contributed by atoms with Crippen LogP contribution in [0.4, 0.5) is 10.6 Å². The van der Waals surface area contributed by atoms with Crippen molar-refractivity contribution in [1.82, 2.24) is 15.3 Å². The van der Waals surface area contributed by atoms with Crippen molar-refractivity contribution in [2.75, 3.05) is 5.32 Å². The lowest BCUT2D eigenvalue weighted by Gasteiger charge is -2.30. The average Bonchev–Trinajstić information content (AvgIpc) is 2.37. The van der Waals surface area contributed by atoms with Gasteiger partial charge in [0.1, 0.15) is 22.4 Å². The van der Waals surface area contributed by atoms with Crippen molar-refractivity contribution in [2.45, 2.75) is 71.1 Å². The number of alkyl carbamates (subject to hydrolysis) is 1. The largest absolute Gasteiger partial charge is 0.444 e. The van der Waals surface area contributed by atoms with Gasteiger partial charge in [-0.1, -0.05) is 11.6 Å². The Morgan fingerprint density at radius 1 is 1.22 bits per heavy atom. The van der Waals surface area contributed by atoms with Gasteiger partial charge in [-0.25, -0.2) is 14.8 Å². The molecule has 1 fully saturated rings. The number of aromatic nitrogens is 2.